The molecule has 0 spiro atoms. The third kappa shape index (κ3) is 6.75. The van der Waals surface area contributed by atoms with Gasteiger partial charge < -0.3 is 23.8 Å². The number of nitrogens with zero attached hydrogens (tertiary/aromatic N) is 2. The van der Waals surface area contributed by atoms with Crippen LogP contribution in [0.3, 0.4) is 0 Å². The van der Waals surface area contributed by atoms with Gasteiger partial charge >= 0.3 is 0 Å². The van der Waals surface area contributed by atoms with Gasteiger partial charge in [-0.3, -0.25) is 4.79 Å². The molecule has 0 radical (unpaired) electrons. The van der Waals surface area contributed by atoms with Gasteiger partial charge in [0.05, 0.1) is 49.2 Å². The van der Waals surface area contributed by atoms with E-state index in [2.05, 4.69) is 18.2 Å². The molecule has 0 aliphatic carbocycles. The van der Waals surface area contributed by atoms with Crippen LogP contribution in [-0.4, -0.2) is 48.8 Å². The minimum Gasteiger partial charge on any atom is -0.490 e. The Morgan fingerprint density at radius 2 is 1.36 bits per heavy atom. The molecule has 7 nitrogen and oxygen atoms in total. The molecule has 1 aromatic heterocycles. The molecule has 242 valence electrons. The highest BCUT2D eigenvalue weighted by molar-refractivity contribution is 6.07. The van der Waals surface area contributed by atoms with Crippen LogP contribution < -0.4 is 18.9 Å². The van der Waals surface area contributed by atoms with Gasteiger partial charge in [-0.2, -0.15) is 0 Å². The molecule has 1 aliphatic rings. The summed E-state index contributed by atoms with van der Waals surface area (Å²) >= 11 is 0. The number of ether oxygens (including phenoxy) is 4. The Bertz CT molecular complexity index is 1860. The van der Waals surface area contributed by atoms with Gasteiger partial charge in [0.15, 0.2) is 23.0 Å². The molecule has 7 heteroatoms. The number of para-hydroxylation sites is 1. The summed E-state index contributed by atoms with van der Waals surface area (Å²) in [7, 11) is 0. The molecular formula is C40H42N2O5. The molecule has 5 aromatic rings. The van der Waals surface area contributed by atoms with Crippen LogP contribution in [-0.2, 0) is 12.8 Å². The van der Waals surface area contributed by atoms with Crippen molar-refractivity contribution in [1.29, 1.82) is 0 Å². The number of hydrogen-bond acceptors (Lipinski definition) is 6. The second-order valence-corrected chi connectivity index (χ2v) is 11.4. The third-order valence-electron chi connectivity index (χ3n) is 8.48. The van der Waals surface area contributed by atoms with Crippen LogP contribution in [0.25, 0.3) is 22.2 Å². The van der Waals surface area contributed by atoms with Crippen molar-refractivity contribution in [3.63, 3.8) is 0 Å². The quantitative estimate of drug-likeness (QED) is 0.138. The summed E-state index contributed by atoms with van der Waals surface area (Å²) in [6, 6.07) is 29.8. The molecule has 4 aromatic carbocycles. The van der Waals surface area contributed by atoms with Crippen LogP contribution >= 0.6 is 0 Å². The first-order chi connectivity index (χ1) is 23.0. The lowest BCUT2D eigenvalue weighted by Gasteiger charge is -2.38. The largest absolute Gasteiger partial charge is 0.490 e. The number of pyridine rings is 1. The van der Waals surface area contributed by atoms with Crippen molar-refractivity contribution in [2.45, 2.75) is 46.6 Å². The third-order valence-corrected chi connectivity index (χ3v) is 8.48. The van der Waals surface area contributed by atoms with E-state index in [1.165, 1.54) is 0 Å². The summed E-state index contributed by atoms with van der Waals surface area (Å²) in [6.07, 6.45) is 1.28. The normalized spacial score (nSPS) is 14.0. The van der Waals surface area contributed by atoms with Crippen molar-refractivity contribution in [3.05, 3.63) is 113 Å². The summed E-state index contributed by atoms with van der Waals surface area (Å²) in [5, 5.41) is 0.836. The van der Waals surface area contributed by atoms with E-state index in [-0.39, 0.29) is 11.9 Å². The van der Waals surface area contributed by atoms with E-state index in [0.717, 1.165) is 44.6 Å². The highest BCUT2D eigenvalue weighted by atomic mass is 16.5. The standard InChI is InChI=1S/C40H42N2O5/c1-5-44-36-19-18-27(23-37(36)45-6-2)22-35-31-26-39(47-8-4)38(46-7-3)24-29(31)20-21-42(35)40(43)32-25-34(28-14-10-9-11-15-28)41-33-17-13-12-16-30(32)33/h9-19,23-26,35H,5-8,20-22H2,1-4H3. The molecule has 0 bridgehead atoms. The van der Waals surface area contributed by atoms with Crippen molar-refractivity contribution in [2.24, 2.45) is 0 Å². The fraction of sp³-hybridized carbons (Fsp3) is 0.300. The van der Waals surface area contributed by atoms with Crippen LogP contribution in [0.4, 0.5) is 0 Å². The van der Waals surface area contributed by atoms with Crippen LogP contribution in [0, 0.1) is 0 Å². The summed E-state index contributed by atoms with van der Waals surface area (Å²) in [6.45, 7) is 10.6. The lowest BCUT2D eigenvalue weighted by atomic mass is 9.87. The molecule has 0 N–H and O–H groups in total. The maximum absolute atomic E-state index is 14.9. The van der Waals surface area contributed by atoms with Gasteiger partial charge in [-0.25, -0.2) is 4.98 Å². The maximum Gasteiger partial charge on any atom is 0.255 e. The first-order valence-electron chi connectivity index (χ1n) is 16.6. The molecule has 2 heterocycles. The van der Waals surface area contributed by atoms with Gasteiger partial charge in [0.1, 0.15) is 0 Å². The van der Waals surface area contributed by atoms with E-state index < -0.39 is 0 Å². The summed E-state index contributed by atoms with van der Waals surface area (Å²) in [4.78, 5) is 21.9. The Labute approximate surface area is 277 Å². The molecule has 0 saturated carbocycles. The highest BCUT2D eigenvalue weighted by Crippen LogP contribution is 2.42. The monoisotopic (exact) mass is 630 g/mol. The average molecular weight is 631 g/mol. The zero-order chi connectivity index (χ0) is 32.8. The minimum absolute atomic E-state index is 0.0285. The van der Waals surface area contributed by atoms with Crippen LogP contribution in [0.1, 0.15) is 60.8 Å². The topological polar surface area (TPSA) is 70.1 Å². The van der Waals surface area contributed by atoms with Crippen LogP contribution in [0.15, 0.2) is 91.0 Å². The second kappa shape index (κ2) is 14.6. The number of hydrogen-bond donors (Lipinski definition) is 0. The molecule has 6 rings (SSSR count). The number of carbonyl (C=O) groups excluding carboxylic acids is 1. The van der Waals surface area contributed by atoms with E-state index in [1.54, 1.807) is 0 Å². The average Bonchev–Trinajstić information content (AvgIpc) is 3.10. The lowest BCUT2D eigenvalue weighted by Crippen LogP contribution is -2.41. The maximum atomic E-state index is 14.9. The van der Waals surface area contributed by atoms with Gasteiger partial charge in [-0.1, -0.05) is 54.6 Å². The molecule has 1 unspecified atom stereocenters. The predicted octanol–water partition coefficient (Wildman–Crippen LogP) is 8.48. The number of rotatable bonds is 12. The van der Waals surface area contributed by atoms with Crippen molar-refractivity contribution in [2.75, 3.05) is 33.0 Å². The van der Waals surface area contributed by atoms with Crippen molar-refractivity contribution >= 4 is 16.8 Å². The van der Waals surface area contributed by atoms with Gasteiger partial charge in [-0.05, 0) is 93.6 Å². The van der Waals surface area contributed by atoms with Gasteiger partial charge in [0.2, 0.25) is 0 Å². The van der Waals surface area contributed by atoms with E-state index >= 15 is 0 Å². The van der Waals surface area contributed by atoms with Crippen LogP contribution in [0.2, 0.25) is 0 Å². The zero-order valence-corrected chi connectivity index (χ0v) is 27.6. The van der Waals surface area contributed by atoms with E-state index in [1.807, 2.05) is 105 Å². The van der Waals surface area contributed by atoms with E-state index in [4.69, 9.17) is 23.9 Å². The SMILES string of the molecule is CCOc1ccc(CC2c3cc(OCC)c(OCC)cc3CCN2C(=O)c2cc(-c3ccccc3)nc3ccccc23)cc1OCC. The molecular weight excluding hydrogens is 588 g/mol. The molecule has 1 atom stereocenters. The molecule has 0 fully saturated rings. The number of carbonyl (C=O) groups is 1. The van der Waals surface area contributed by atoms with E-state index in [0.29, 0.717) is 68.6 Å². The Morgan fingerprint density at radius 1 is 0.723 bits per heavy atom. The van der Waals surface area contributed by atoms with Crippen molar-refractivity contribution in [1.82, 2.24) is 9.88 Å². The highest BCUT2D eigenvalue weighted by Gasteiger charge is 2.34. The zero-order valence-electron chi connectivity index (χ0n) is 27.6. The smallest absolute Gasteiger partial charge is 0.255 e. The van der Waals surface area contributed by atoms with Gasteiger partial charge in [0.25, 0.3) is 5.91 Å². The minimum atomic E-state index is -0.263. The summed E-state index contributed by atoms with van der Waals surface area (Å²) < 4.78 is 23.9. The Morgan fingerprint density at radius 3 is 2.09 bits per heavy atom. The van der Waals surface area contributed by atoms with Crippen molar-refractivity contribution < 1.29 is 23.7 Å². The number of aromatic nitrogens is 1. The van der Waals surface area contributed by atoms with Gasteiger partial charge in [0, 0.05) is 17.5 Å². The number of fused-ring (bicyclic) bond motifs is 2. The lowest BCUT2D eigenvalue weighted by molar-refractivity contribution is 0.0661. The molecule has 1 amide bonds. The first kappa shape index (κ1) is 31.9. The summed E-state index contributed by atoms with van der Waals surface area (Å²) in [5.74, 6) is 2.81. The number of benzene rings is 4. The Kier molecular flexibility index (Phi) is 9.91. The predicted molar refractivity (Wildman–Crippen MR) is 186 cm³/mol. The second-order valence-electron chi connectivity index (χ2n) is 11.4. The molecule has 47 heavy (non-hydrogen) atoms. The van der Waals surface area contributed by atoms with Crippen molar-refractivity contribution in [3.8, 4) is 34.3 Å². The first-order valence-corrected chi connectivity index (χ1v) is 16.6. The Hall–Kier alpha value is -5.04. The fourth-order valence-electron chi connectivity index (χ4n) is 6.42. The molecule has 1 aliphatic heterocycles. The van der Waals surface area contributed by atoms with E-state index in [9.17, 15) is 4.79 Å². The molecule has 0 saturated heterocycles. The summed E-state index contributed by atoms with van der Waals surface area (Å²) in [5.41, 5.74) is 6.44. The number of amides is 1. The van der Waals surface area contributed by atoms with Gasteiger partial charge in [-0.15, -0.1) is 0 Å². The fourth-order valence-corrected chi connectivity index (χ4v) is 6.42. The Balaban J connectivity index is 1.48. The van der Waals surface area contributed by atoms with Crippen LogP contribution in [0.5, 0.6) is 23.0 Å².